The zero-order valence-corrected chi connectivity index (χ0v) is 12.0. The summed E-state index contributed by atoms with van der Waals surface area (Å²) in [4.78, 5) is 8.72. The van der Waals surface area contributed by atoms with E-state index in [9.17, 15) is 0 Å². The van der Waals surface area contributed by atoms with Crippen LogP contribution in [0.25, 0.3) is 10.1 Å². The van der Waals surface area contributed by atoms with Crippen LogP contribution in [0.2, 0.25) is 0 Å². The molecule has 3 rings (SSSR count). The van der Waals surface area contributed by atoms with Gasteiger partial charge in [0.1, 0.15) is 5.82 Å². The minimum atomic E-state index is -0.0754. The predicted octanol–water partition coefficient (Wildman–Crippen LogP) is 2.75. The summed E-state index contributed by atoms with van der Waals surface area (Å²) < 4.78 is 1.29. The van der Waals surface area contributed by atoms with Crippen molar-refractivity contribution in [2.75, 3.05) is 0 Å². The van der Waals surface area contributed by atoms with Gasteiger partial charge in [0.15, 0.2) is 0 Å². The van der Waals surface area contributed by atoms with Crippen LogP contribution in [0.1, 0.15) is 23.0 Å². The maximum absolute atomic E-state index is 5.68. The SMILES string of the molecule is Cc1cnc(C(Cc2csc3ccccc23)NN)nc1. The number of nitrogens with two attached hydrogens (primary N) is 1. The Kier molecular flexibility index (Phi) is 3.73. The van der Waals surface area contributed by atoms with E-state index < -0.39 is 0 Å². The third-order valence-electron chi connectivity index (χ3n) is 3.30. The standard InChI is InChI=1S/C15H16N4S/c1-10-7-17-15(18-8-10)13(19-16)6-11-9-20-14-5-3-2-4-12(11)14/h2-5,7-9,13,19H,6,16H2,1H3. The van der Waals surface area contributed by atoms with Crippen LogP contribution < -0.4 is 11.3 Å². The van der Waals surface area contributed by atoms with Gasteiger partial charge in [0, 0.05) is 17.1 Å². The Labute approximate surface area is 121 Å². The lowest BCUT2D eigenvalue weighted by Gasteiger charge is -2.14. The molecule has 0 spiro atoms. The third kappa shape index (κ3) is 2.56. The molecule has 4 nitrogen and oxygen atoms in total. The largest absolute Gasteiger partial charge is 0.271 e. The van der Waals surface area contributed by atoms with Crippen molar-refractivity contribution in [3.63, 3.8) is 0 Å². The Morgan fingerprint density at radius 1 is 1.25 bits per heavy atom. The zero-order chi connectivity index (χ0) is 13.9. The van der Waals surface area contributed by atoms with Crippen LogP contribution in [-0.2, 0) is 6.42 Å². The molecule has 0 aliphatic carbocycles. The van der Waals surface area contributed by atoms with Crippen molar-refractivity contribution >= 4 is 21.4 Å². The number of hydrogen-bond acceptors (Lipinski definition) is 5. The van der Waals surface area contributed by atoms with Crippen LogP contribution in [0.4, 0.5) is 0 Å². The molecule has 2 heterocycles. The smallest absolute Gasteiger partial charge is 0.146 e. The van der Waals surface area contributed by atoms with E-state index in [2.05, 4.69) is 45.0 Å². The first-order valence-corrected chi connectivity index (χ1v) is 7.35. The molecule has 2 aromatic heterocycles. The molecule has 0 aliphatic rings. The van der Waals surface area contributed by atoms with Gasteiger partial charge in [0.25, 0.3) is 0 Å². The predicted molar refractivity (Wildman–Crippen MR) is 82.4 cm³/mol. The number of hydrazine groups is 1. The molecule has 3 N–H and O–H groups in total. The Balaban J connectivity index is 1.89. The van der Waals surface area contributed by atoms with Crippen molar-refractivity contribution in [2.45, 2.75) is 19.4 Å². The molecule has 1 aromatic carbocycles. The van der Waals surface area contributed by atoms with E-state index in [0.717, 1.165) is 17.8 Å². The van der Waals surface area contributed by atoms with E-state index in [1.807, 2.05) is 19.3 Å². The van der Waals surface area contributed by atoms with Gasteiger partial charge in [-0.05, 0) is 41.3 Å². The monoisotopic (exact) mass is 284 g/mol. The normalized spacial score (nSPS) is 12.7. The van der Waals surface area contributed by atoms with Gasteiger partial charge >= 0.3 is 0 Å². The molecular weight excluding hydrogens is 268 g/mol. The third-order valence-corrected chi connectivity index (χ3v) is 4.31. The summed E-state index contributed by atoms with van der Waals surface area (Å²) in [6.45, 7) is 1.97. The number of nitrogens with one attached hydrogen (secondary N) is 1. The Morgan fingerprint density at radius 3 is 2.75 bits per heavy atom. The zero-order valence-electron chi connectivity index (χ0n) is 11.2. The fourth-order valence-electron chi connectivity index (χ4n) is 2.22. The van der Waals surface area contributed by atoms with Gasteiger partial charge in [-0.1, -0.05) is 18.2 Å². The number of thiophene rings is 1. The average Bonchev–Trinajstić information content (AvgIpc) is 2.89. The Hall–Kier alpha value is -1.82. The average molecular weight is 284 g/mol. The maximum Gasteiger partial charge on any atom is 0.146 e. The number of aryl methyl sites for hydroxylation is 1. The molecule has 20 heavy (non-hydrogen) atoms. The van der Waals surface area contributed by atoms with Gasteiger partial charge in [0.2, 0.25) is 0 Å². The molecule has 0 saturated carbocycles. The maximum atomic E-state index is 5.68. The van der Waals surface area contributed by atoms with Crippen LogP contribution in [-0.4, -0.2) is 9.97 Å². The van der Waals surface area contributed by atoms with E-state index in [-0.39, 0.29) is 6.04 Å². The summed E-state index contributed by atoms with van der Waals surface area (Å²) >= 11 is 1.75. The Morgan fingerprint density at radius 2 is 2.00 bits per heavy atom. The molecular formula is C15H16N4S. The van der Waals surface area contributed by atoms with Crippen LogP contribution in [0.5, 0.6) is 0 Å². The lowest BCUT2D eigenvalue weighted by atomic mass is 10.0. The molecule has 0 radical (unpaired) electrons. The first-order valence-electron chi connectivity index (χ1n) is 6.47. The molecule has 0 amide bonds. The van der Waals surface area contributed by atoms with E-state index in [0.29, 0.717) is 0 Å². The van der Waals surface area contributed by atoms with Crippen molar-refractivity contribution < 1.29 is 0 Å². The number of fused-ring (bicyclic) bond motifs is 1. The van der Waals surface area contributed by atoms with Crippen molar-refractivity contribution in [3.05, 3.63) is 59.0 Å². The number of benzene rings is 1. The highest BCUT2D eigenvalue weighted by atomic mass is 32.1. The van der Waals surface area contributed by atoms with Gasteiger partial charge in [-0.2, -0.15) is 0 Å². The van der Waals surface area contributed by atoms with Gasteiger partial charge in [-0.15, -0.1) is 11.3 Å². The quantitative estimate of drug-likeness (QED) is 0.571. The second-order valence-electron chi connectivity index (χ2n) is 4.80. The first-order chi connectivity index (χ1) is 9.78. The first kappa shape index (κ1) is 13.2. The minimum Gasteiger partial charge on any atom is -0.271 e. The topological polar surface area (TPSA) is 63.8 Å². The molecule has 5 heteroatoms. The number of rotatable bonds is 4. The van der Waals surface area contributed by atoms with E-state index in [4.69, 9.17) is 5.84 Å². The summed E-state index contributed by atoms with van der Waals surface area (Å²) in [5.74, 6) is 6.41. The van der Waals surface area contributed by atoms with Gasteiger partial charge in [-0.3, -0.25) is 5.84 Å². The van der Waals surface area contributed by atoms with E-state index in [1.54, 1.807) is 11.3 Å². The summed E-state index contributed by atoms with van der Waals surface area (Å²) in [6, 6.07) is 8.33. The molecule has 0 fully saturated rings. The highest BCUT2D eigenvalue weighted by Gasteiger charge is 2.15. The van der Waals surface area contributed by atoms with E-state index in [1.165, 1.54) is 15.6 Å². The molecule has 0 saturated heterocycles. The molecule has 1 atom stereocenters. The van der Waals surface area contributed by atoms with Crippen LogP contribution in [0.3, 0.4) is 0 Å². The molecule has 3 aromatic rings. The molecule has 0 bridgehead atoms. The van der Waals surface area contributed by atoms with Crippen molar-refractivity contribution in [3.8, 4) is 0 Å². The number of nitrogens with zero attached hydrogens (tertiary/aromatic N) is 2. The van der Waals surface area contributed by atoms with Crippen LogP contribution >= 0.6 is 11.3 Å². The van der Waals surface area contributed by atoms with Crippen molar-refractivity contribution in [1.82, 2.24) is 15.4 Å². The highest BCUT2D eigenvalue weighted by Crippen LogP contribution is 2.28. The van der Waals surface area contributed by atoms with Gasteiger partial charge in [0.05, 0.1) is 6.04 Å². The minimum absolute atomic E-state index is 0.0754. The summed E-state index contributed by atoms with van der Waals surface area (Å²) in [5, 5.41) is 3.47. The van der Waals surface area contributed by atoms with Gasteiger partial charge < -0.3 is 0 Å². The van der Waals surface area contributed by atoms with Crippen LogP contribution in [0.15, 0.2) is 42.0 Å². The fraction of sp³-hybridized carbons (Fsp3) is 0.200. The number of hydrogen-bond donors (Lipinski definition) is 2. The van der Waals surface area contributed by atoms with Gasteiger partial charge in [-0.25, -0.2) is 15.4 Å². The summed E-state index contributed by atoms with van der Waals surface area (Å²) in [6.07, 6.45) is 4.42. The van der Waals surface area contributed by atoms with Crippen LogP contribution in [0, 0.1) is 6.92 Å². The number of aromatic nitrogens is 2. The second-order valence-corrected chi connectivity index (χ2v) is 5.71. The lowest BCUT2D eigenvalue weighted by molar-refractivity contribution is 0.524. The second kappa shape index (κ2) is 5.66. The molecule has 102 valence electrons. The molecule has 1 unspecified atom stereocenters. The molecule has 0 aliphatic heterocycles. The van der Waals surface area contributed by atoms with E-state index >= 15 is 0 Å². The van der Waals surface area contributed by atoms with Crippen molar-refractivity contribution in [2.24, 2.45) is 5.84 Å². The summed E-state index contributed by atoms with van der Waals surface area (Å²) in [7, 11) is 0. The highest BCUT2D eigenvalue weighted by molar-refractivity contribution is 7.17. The fourth-order valence-corrected chi connectivity index (χ4v) is 3.19. The summed E-state index contributed by atoms with van der Waals surface area (Å²) in [5.41, 5.74) is 5.14. The van der Waals surface area contributed by atoms with Crippen molar-refractivity contribution in [1.29, 1.82) is 0 Å². The lowest BCUT2D eigenvalue weighted by Crippen LogP contribution is -2.31. The Bertz CT molecular complexity index is 705.